The van der Waals surface area contributed by atoms with Gasteiger partial charge >= 0.3 is 183 Å². The molecule has 29 heavy (non-hydrogen) atoms. The van der Waals surface area contributed by atoms with Crippen LogP contribution in [0.15, 0.2) is 42.5 Å². The van der Waals surface area contributed by atoms with Gasteiger partial charge in [-0.05, 0) is 0 Å². The average molecular weight is 461 g/mol. The van der Waals surface area contributed by atoms with E-state index in [2.05, 4.69) is 47.3 Å². The van der Waals surface area contributed by atoms with E-state index in [9.17, 15) is 4.79 Å². The van der Waals surface area contributed by atoms with Gasteiger partial charge in [-0.25, -0.2) is 0 Å². The predicted octanol–water partition coefficient (Wildman–Crippen LogP) is 4.15. The molecule has 4 aromatic rings. The molecule has 1 aliphatic carbocycles. The Morgan fingerprint density at radius 3 is 2.83 bits per heavy atom. The zero-order valence-corrected chi connectivity index (χ0v) is 18.8. The zero-order chi connectivity index (χ0) is 20.0. The van der Waals surface area contributed by atoms with Gasteiger partial charge in [-0.3, -0.25) is 0 Å². The molecule has 1 saturated carbocycles. The monoisotopic (exact) mass is 461 g/mol. The molecule has 4 nitrogen and oxygen atoms in total. The Bertz CT molecular complexity index is 1250. The van der Waals surface area contributed by atoms with E-state index in [1.807, 2.05) is 24.3 Å². The molecule has 0 spiro atoms. The number of pyridine rings is 1. The number of hydrogen-bond donors (Lipinski definition) is 1. The van der Waals surface area contributed by atoms with Crippen molar-refractivity contribution in [2.75, 3.05) is 0 Å². The van der Waals surface area contributed by atoms with Crippen LogP contribution < -0.4 is 9.80 Å². The third-order valence-electron chi connectivity index (χ3n) is 5.21. The molecule has 6 heteroatoms. The van der Waals surface area contributed by atoms with Crippen molar-refractivity contribution in [3.63, 3.8) is 0 Å². The number of nitrogens with zero attached hydrogens (tertiary/aromatic N) is 2. The SMILES string of the molecule is CCCc1nc2c([As])nc3cc(-c4ccccc4C(=O)NC4CC4)ccc3c2s1. The molecule has 0 atom stereocenters. The Morgan fingerprint density at radius 2 is 2.03 bits per heavy atom. The van der Waals surface area contributed by atoms with Gasteiger partial charge in [0.2, 0.25) is 0 Å². The first-order valence-corrected chi connectivity index (χ1v) is 11.7. The second-order valence-electron chi connectivity index (χ2n) is 7.50. The Kier molecular flexibility index (Phi) is 4.89. The van der Waals surface area contributed by atoms with Crippen LogP contribution in [-0.4, -0.2) is 38.8 Å². The Balaban J connectivity index is 1.62. The minimum absolute atomic E-state index is 0.00567. The van der Waals surface area contributed by atoms with Crippen molar-refractivity contribution in [1.29, 1.82) is 0 Å². The number of benzene rings is 2. The summed E-state index contributed by atoms with van der Waals surface area (Å²) in [6, 6.07) is 14.5. The molecular formula is C23H20AsN3OS. The fraction of sp³-hybridized carbons (Fsp3) is 0.261. The van der Waals surface area contributed by atoms with Crippen LogP contribution in [0.1, 0.15) is 41.6 Å². The summed E-state index contributed by atoms with van der Waals surface area (Å²) in [5, 5.41) is 5.39. The molecule has 2 radical (unpaired) electrons. The number of carbonyl (C=O) groups excluding carboxylic acids is 1. The molecule has 144 valence electrons. The van der Waals surface area contributed by atoms with E-state index in [-0.39, 0.29) is 5.91 Å². The van der Waals surface area contributed by atoms with Crippen LogP contribution in [0.4, 0.5) is 0 Å². The number of amides is 1. The third-order valence-corrected chi connectivity index (χ3v) is 7.01. The molecule has 0 unspecified atom stereocenters. The number of hydrogen-bond acceptors (Lipinski definition) is 4. The number of thiazole rings is 1. The van der Waals surface area contributed by atoms with E-state index in [0.29, 0.717) is 6.04 Å². The molecule has 0 aliphatic heterocycles. The first-order chi connectivity index (χ1) is 14.1. The van der Waals surface area contributed by atoms with Gasteiger partial charge in [-0.2, -0.15) is 0 Å². The standard InChI is InChI=1S/C23H20AsN3OS/c1-2-5-19-27-20-21(29-19)17-11-8-13(12-18(17)26-22(20)24)15-6-3-4-7-16(15)23(28)25-14-9-10-14/h3-4,6-8,11-12,14H,2,5,9-10H2,1H3,(H,25,28). The molecule has 1 aliphatic rings. The zero-order valence-electron chi connectivity index (χ0n) is 16.1. The van der Waals surface area contributed by atoms with Crippen molar-refractivity contribution in [2.24, 2.45) is 0 Å². The van der Waals surface area contributed by atoms with Crippen molar-refractivity contribution in [3.05, 3.63) is 53.0 Å². The summed E-state index contributed by atoms with van der Waals surface area (Å²) in [7, 11) is 0. The molecule has 2 aromatic heterocycles. The van der Waals surface area contributed by atoms with Crippen LogP contribution in [0.5, 0.6) is 0 Å². The number of rotatable bonds is 5. The maximum atomic E-state index is 12.7. The van der Waals surface area contributed by atoms with Crippen molar-refractivity contribution in [3.8, 4) is 11.1 Å². The Morgan fingerprint density at radius 1 is 1.21 bits per heavy atom. The number of carbonyl (C=O) groups is 1. The van der Waals surface area contributed by atoms with Crippen molar-refractivity contribution >= 4 is 59.7 Å². The molecule has 1 amide bonds. The Labute approximate surface area is 182 Å². The van der Waals surface area contributed by atoms with Crippen molar-refractivity contribution in [1.82, 2.24) is 15.3 Å². The van der Waals surface area contributed by atoms with Crippen LogP contribution in [0.2, 0.25) is 0 Å². The second kappa shape index (κ2) is 7.55. The van der Waals surface area contributed by atoms with Gasteiger partial charge in [0.1, 0.15) is 0 Å². The molecule has 0 bridgehead atoms. The molecule has 0 saturated heterocycles. The molecule has 1 N–H and O–H groups in total. The van der Waals surface area contributed by atoms with Gasteiger partial charge < -0.3 is 0 Å². The summed E-state index contributed by atoms with van der Waals surface area (Å²) < 4.78 is 2.09. The minimum atomic E-state index is 0.00567. The normalized spacial score (nSPS) is 13.9. The van der Waals surface area contributed by atoms with E-state index < -0.39 is 0 Å². The fourth-order valence-electron chi connectivity index (χ4n) is 3.59. The molecule has 5 rings (SSSR count). The van der Waals surface area contributed by atoms with Gasteiger partial charge in [0.25, 0.3) is 0 Å². The van der Waals surface area contributed by atoms with Gasteiger partial charge in [-0.1, -0.05) is 0 Å². The average Bonchev–Trinajstić information content (AvgIpc) is 3.43. The summed E-state index contributed by atoms with van der Waals surface area (Å²) in [4.78, 5) is 22.3. The second-order valence-corrected chi connectivity index (χ2v) is 9.47. The summed E-state index contributed by atoms with van der Waals surface area (Å²) in [6.45, 7) is 2.18. The molecular weight excluding hydrogens is 441 g/mol. The number of nitrogens with one attached hydrogen (secondary N) is 1. The first-order valence-electron chi connectivity index (χ1n) is 9.96. The van der Waals surface area contributed by atoms with Crippen molar-refractivity contribution < 1.29 is 4.79 Å². The summed E-state index contributed by atoms with van der Waals surface area (Å²) in [5.41, 5.74) is 4.60. The quantitative estimate of drug-likeness (QED) is 0.455. The van der Waals surface area contributed by atoms with Gasteiger partial charge in [0, 0.05) is 0 Å². The number of aryl methyl sites for hydroxylation is 1. The van der Waals surface area contributed by atoms with Gasteiger partial charge in [-0.15, -0.1) is 0 Å². The van der Waals surface area contributed by atoms with E-state index in [1.54, 1.807) is 11.3 Å². The predicted molar refractivity (Wildman–Crippen MR) is 120 cm³/mol. The van der Waals surface area contributed by atoms with Crippen LogP contribution in [-0.2, 0) is 6.42 Å². The van der Waals surface area contributed by atoms with Crippen LogP contribution in [0.3, 0.4) is 0 Å². The Hall–Kier alpha value is -2.23. The number of aromatic nitrogens is 2. The summed E-state index contributed by atoms with van der Waals surface area (Å²) in [5.74, 6) is 0.00567. The maximum absolute atomic E-state index is 12.7. The van der Waals surface area contributed by atoms with Gasteiger partial charge in [0.05, 0.1) is 0 Å². The first kappa shape index (κ1) is 18.8. The fourth-order valence-corrected chi connectivity index (χ4v) is 5.52. The summed E-state index contributed by atoms with van der Waals surface area (Å²) in [6.07, 6.45) is 4.24. The van der Waals surface area contributed by atoms with Crippen LogP contribution in [0.25, 0.3) is 32.2 Å². The third kappa shape index (κ3) is 3.58. The van der Waals surface area contributed by atoms with Crippen LogP contribution >= 0.6 is 11.3 Å². The van der Waals surface area contributed by atoms with Crippen molar-refractivity contribution in [2.45, 2.75) is 38.6 Å². The topological polar surface area (TPSA) is 54.9 Å². The molecule has 2 aromatic carbocycles. The van der Waals surface area contributed by atoms with E-state index in [4.69, 9.17) is 9.97 Å². The summed E-state index contributed by atoms with van der Waals surface area (Å²) >= 11 is 4.32. The van der Waals surface area contributed by atoms with Gasteiger partial charge in [0.15, 0.2) is 0 Å². The van der Waals surface area contributed by atoms with E-state index in [0.717, 1.165) is 68.3 Å². The molecule has 2 heterocycles. The van der Waals surface area contributed by atoms with E-state index >= 15 is 0 Å². The molecule has 1 fully saturated rings. The number of fused-ring (bicyclic) bond motifs is 3. The van der Waals surface area contributed by atoms with E-state index in [1.165, 1.54) is 4.70 Å². The van der Waals surface area contributed by atoms with Crippen LogP contribution in [0, 0.1) is 0 Å².